The summed E-state index contributed by atoms with van der Waals surface area (Å²) in [6.45, 7) is 9.09. The molecule has 0 saturated heterocycles. The molecule has 0 aliphatic carbocycles. The average Bonchev–Trinajstić information content (AvgIpc) is 2.64. The summed E-state index contributed by atoms with van der Waals surface area (Å²) >= 11 is 0. The lowest BCUT2D eigenvalue weighted by atomic mass is 9.97. The molecule has 1 heterocycles. The summed E-state index contributed by atoms with van der Waals surface area (Å²) in [6, 6.07) is 0. The molecule has 0 fully saturated rings. The van der Waals surface area contributed by atoms with Crippen LogP contribution in [0, 0.1) is 0 Å². The van der Waals surface area contributed by atoms with Crippen LogP contribution in [-0.2, 0) is 11.3 Å². The topological polar surface area (TPSA) is 47.3 Å². The summed E-state index contributed by atoms with van der Waals surface area (Å²) in [6.07, 6.45) is 2.90. The number of hydrogen-bond acceptors (Lipinski definition) is 3. The van der Waals surface area contributed by atoms with Crippen molar-refractivity contribution in [3.05, 3.63) is 18.0 Å². The second kappa shape index (κ2) is 4.77. The van der Waals surface area contributed by atoms with Crippen molar-refractivity contribution in [2.75, 3.05) is 6.61 Å². The Balaban J connectivity index is 2.78. The zero-order chi connectivity index (χ0) is 11.5. The fourth-order valence-electron chi connectivity index (χ4n) is 1.55. The van der Waals surface area contributed by atoms with Crippen molar-refractivity contribution < 1.29 is 9.84 Å². The molecule has 0 amide bonds. The Bertz CT molecular complexity index is 307. The van der Waals surface area contributed by atoms with E-state index < -0.39 is 11.7 Å². The third kappa shape index (κ3) is 2.79. The van der Waals surface area contributed by atoms with Crippen molar-refractivity contribution in [2.24, 2.45) is 0 Å². The SMILES string of the molecule is CCOC(C)(C)C(O)c1cnn(CC)c1. The van der Waals surface area contributed by atoms with Gasteiger partial charge >= 0.3 is 0 Å². The maximum atomic E-state index is 10.1. The lowest BCUT2D eigenvalue weighted by Crippen LogP contribution is -2.32. The molecule has 86 valence electrons. The summed E-state index contributed by atoms with van der Waals surface area (Å²) in [5.74, 6) is 0. The van der Waals surface area contributed by atoms with Gasteiger partial charge in [-0.05, 0) is 27.7 Å². The van der Waals surface area contributed by atoms with Gasteiger partial charge in [-0.1, -0.05) is 0 Å². The zero-order valence-electron chi connectivity index (χ0n) is 9.90. The number of rotatable bonds is 5. The average molecular weight is 212 g/mol. The van der Waals surface area contributed by atoms with Crippen LogP contribution in [0.3, 0.4) is 0 Å². The van der Waals surface area contributed by atoms with Crippen LogP contribution in [0.2, 0.25) is 0 Å². The van der Waals surface area contributed by atoms with Gasteiger partial charge in [-0.15, -0.1) is 0 Å². The van der Waals surface area contributed by atoms with Crippen LogP contribution in [0.15, 0.2) is 12.4 Å². The second-order valence-corrected chi connectivity index (χ2v) is 4.07. The molecule has 0 aliphatic rings. The highest BCUT2D eigenvalue weighted by atomic mass is 16.5. The molecule has 0 saturated carbocycles. The summed E-state index contributed by atoms with van der Waals surface area (Å²) in [5.41, 5.74) is 0.228. The van der Waals surface area contributed by atoms with E-state index >= 15 is 0 Å². The molecule has 1 unspecified atom stereocenters. The van der Waals surface area contributed by atoms with E-state index in [0.29, 0.717) is 6.61 Å². The van der Waals surface area contributed by atoms with Crippen molar-refractivity contribution in [1.29, 1.82) is 0 Å². The standard InChI is InChI=1S/C11H20N2O2/c1-5-13-8-9(7-12-13)10(14)11(3,4)15-6-2/h7-8,10,14H,5-6H2,1-4H3. The Hall–Kier alpha value is -0.870. The van der Waals surface area contributed by atoms with Gasteiger partial charge in [0.2, 0.25) is 0 Å². The van der Waals surface area contributed by atoms with E-state index in [1.807, 2.05) is 33.9 Å². The maximum Gasteiger partial charge on any atom is 0.110 e. The largest absolute Gasteiger partial charge is 0.385 e. The number of aliphatic hydroxyl groups is 1. The monoisotopic (exact) mass is 212 g/mol. The number of aliphatic hydroxyl groups excluding tert-OH is 1. The summed E-state index contributed by atoms with van der Waals surface area (Å²) in [4.78, 5) is 0. The van der Waals surface area contributed by atoms with Crippen molar-refractivity contribution >= 4 is 0 Å². The first-order chi connectivity index (χ1) is 7.01. The molecule has 0 aliphatic heterocycles. The quantitative estimate of drug-likeness (QED) is 0.809. The van der Waals surface area contributed by atoms with E-state index in [1.54, 1.807) is 10.9 Å². The van der Waals surface area contributed by atoms with Crippen LogP contribution < -0.4 is 0 Å². The number of aromatic nitrogens is 2. The number of aryl methyl sites for hydroxylation is 1. The fraction of sp³-hybridized carbons (Fsp3) is 0.727. The van der Waals surface area contributed by atoms with Gasteiger partial charge in [-0.25, -0.2) is 0 Å². The highest BCUT2D eigenvalue weighted by Crippen LogP contribution is 2.28. The Morgan fingerprint density at radius 2 is 2.20 bits per heavy atom. The second-order valence-electron chi connectivity index (χ2n) is 4.07. The third-order valence-corrected chi connectivity index (χ3v) is 2.47. The predicted molar refractivity (Wildman–Crippen MR) is 58.6 cm³/mol. The Kier molecular flexibility index (Phi) is 3.88. The Morgan fingerprint density at radius 3 is 2.67 bits per heavy atom. The van der Waals surface area contributed by atoms with Gasteiger partial charge in [0.05, 0.1) is 11.8 Å². The highest BCUT2D eigenvalue weighted by Gasteiger charge is 2.30. The van der Waals surface area contributed by atoms with E-state index in [9.17, 15) is 5.11 Å². The van der Waals surface area contributed by atoms with Crippen molar-refractivity contribution in [3.8, 4) is 0 Å². The van der Waals surface area contributed by atoms with Crippen LogP contribution in [0.1, 0.15) is 39.4 Å². The van der Waals surface area contributed by atoms with Crippen molar-refractivity contribution in [2.45, 2.75) is 45.9 Å². The van der Waals surface area contributed by atoms with Gasteiger partial charge in [-0.2, -0.15) is 5.10 Å². The van der Waals surface area contributed by atoms with E-state index in [1.165, 1.54) is 0 Å². The molecule has 0 aromatic carbocycles. The lowest BCUT2D eigenvalue weighted by Gasteiger charge is -2.29. The van der Waals surface area contributed by atoms with Crippen LogP contribution in [0.4, 0.5) is 0 Å². The van der Waals surface area contributed by atoms with E-state index in [4.69, 9.17) is 4.74 Å². The minimum atomic E-state index is -0.641. The normalized spacial score (nSPS) is 14.2. The number of hydrogen-bond donors (Lipinski definition) is 1. The van der Waals surface area contributed by atoms with Gasteiger partial charge in [0.25, 0.3) is 0 Å². The first-order valence-electron chi connectivity index (χ1n) is 5.35. The molecule has 1 aromatic heterocycles. The molecule has 0 bridgehead atoms. The predicted octanol–water partition coefficient (Wildman–Crippen LogP) is 1.75. The summed E-state index contributed by atoms with van der Waals surface area (Å²) in [7, 11) is 0. The molecule has 4 heteroatoms. The highest BCUT2D eigenvalue weighted by molar-refractivity contribution is 5.12. The minimum absolute atomic E-state index is 0.573. The van der Waals surface area contributed by atoms with Gasteiger partial charge in [0, 0.05) is 24.9 Å². The van der Waals surface area contributed by atoms with Gasteiger partial charge < -0.3 is 9.84 Å². The minimum Gasteiger partial charge on any atom is -0.385 e. The zero-order valence-corrected chi connectivity index (χ0v) is 9.90. The first-order valence-corrected chi connectivity index (χ1v) is 5.35. The first kappa shape index (κ1) is 12.2. The molecule has 1 N–H and O–H groups in total. The van der Waals surface area contributed by atoms with E-state index in [0.717, 1.165) is 12.1 Å². The molecule has 0 spiro atoms. The van der Waals surface area contributed by atoms with Gasteiger partial charge in [0.15, 0.2) is 0 Å². The Morgan fingerprint density at radius 1 is 1.53 bits per heavy atom. The van der Waals surface area contributed by atoms with Crippen LogP contribution in [0.25, 0.3) is 0 Å². The number of ether oxygens (including phenoxy) is 1. The molecule has 1 aromatic rings. The van der Waals surface area contributed by atoms with E-state index in [-0.39, 0.29) is 0 Å². The number of nitrogens with zero attached hydrogens (tertiary/aromatic N) is 2. The smallest absolute Gasteiger partial charge is 0.110 e. The molecule has 1 rings (SSSR count). The Labute approximate surface area is 90.9 Å². The van der Waals surface area contributed by atoms with E-state index in [2.05, 4.69) is 5.10 Å². The molecule has 15 heavy (non-hydrogen) atoms. The van der Waals surface area contributed by atoms with Crippen molar-refractivity contribution in [3.63, 3.8) is 0 Å². The molecular formula is C11H20N2O2. The molecule has 0 radical (unpaired) electrons. The van der Waals surface area contributed by atoms with Crippen LogP contribution in [0.5, 0.6) is 0 Å². The molecular weight excluding hydrogens is 192 g/mol. The van der Waals surface area contributed by atoms with Gasteiger partial charge in [-0.3, -0.25) is 4.68 Å². The van der Waals surface area contributed by atoms with Crippen LogP contribution >= 0.6 is 0 Å². The summed E-state index contributed by atoms with van der Waals surface area (Å²) < 4.78 is 7.29. The van der Waals surface area contributed by atoms with Crippen LogP contribution in [-0.4, -0.2) is 27.1 Å². The fourth-order valence-corrected chi connectivity index (χ4v) is 1.55. The van der Waals surface area contributed by atoms with Crippen molar-refractivity contribution in [1.82, 2.24) is 9.78 Å². The van der Waals surface area contributed by atoms with Gasteiger partial charge in [0.1, 0.15) is 6.10 Å². The molecule has 1 atom stereocenters. The summed E-state index contributed by atoms with van der Waals surface area (Å²) in [5, 5.41) is 14.2. The third-order valence-electron chi connectivity index (χ3n) is 2.47. The molecule has 4 nitrogen and oxygen atoms in total. The maximum absolute atomic E-state index is 10.1. The lowest BCUT2D eigenvalue weighted by molar-refractivity contribution is -0.0983.